The van der Waals surface area contributed by atoms with Crippen LogP contribution in [0.25, 0.3) is 0 Å². The van der Waals surface area contributed by atoms with Crippen LogP contribution in [0.3, 0.4) is 0 Å². The summed E-state index contributed by atoms with van der Waals surface area (Å²) in [6.07, 6.45) is 21.6. The highest BCUT2D eigenvalue weighted by molar-refractivity contribution is 6.17. The van der Waals surface area contributed by atoms with Gasteiger partial charge in [0.15, 0.2) is 6.07 Å². The van der Waals surface area contributed by atoms with Gasteiger partial charge in [-0.2, -0.15) is 0 Å². The number of hydrogen-bond acceptors (Lipinski definition) is 5. The Balaban J connectivity index is 3.16. The first-order valence-electron chi connectivity index (χ1n) is 11.7. The van der Waals surface area contributed by atoms with Crippen LogP contribution in [0.4, 0.5) is 4.79 Å². The second-order valence-electron chi connectivity index (χ2n) is 7.69. The van der Waals surface area contributed by atoms with Gasteiger partial charge in [-0.05, 0) is 6.42 Å². The number of rotatable bonds is 21. The van der Waals surface area contributed by atoms with Gasteiger partial charge in [0.25, 0.3) is 0 Å². The fourth-order valence-corrected chi connectivity index (χ4v) is 3.38. The van der Waals surface area contributed by atoms with E-state index in [1.807, 2.05) is 0 Å². The number of esters is 1. The summed E-state index contributed by atoms with van der Waals surface area (Å²) in [5.41, 5.74) is 0. The summed E-state index contributed by atoms with van der Waals surface area (Å²) < 4.78 is 13.6. The van der Waals surface area contributed by atoms with Crippen LogP contribution in [-0.4, -0.2) is 25.0 Å². The molecule has 0 bridgehead atoms. The molecular formula is C23H43ClO5. The van der Waals surface area contributed by atoms with Gasteiger partial charge in [-0.3, -0.25) is 4.79 Å². The molecule has 0 amide bonds. The van der Waals surface area contributed by atoms with Crippen molar-refractivity contribution in [3.8, 4) is 0 Å². The molecule has 0 spiro atoms. The molecule has 0 unspecified atom stereocenters. The highest BCUT2D eigenvalue weighted by atomic mass is 35.5. The van der Waals surface area contributed by atoms with Gasteiger partial charge in [-0.15, -0.1) is 0 Å². The van der Waals surface area contributed by atoms with Gasteiger partial charge >= 0.3 is 12.1 Å². The van der Waals surface area contributed by atoms with Crippen molar-refractivity contribution < 1.29 is 23.8 Å². The van der Waals surface area contributed by atoms with Crippen LogP contribution in [0.15, 0.2) is 0 Å². The summed E-state index contributed by atoms with van der Waals surface area (Å²) in [7, 11) is 0. The topological polar surface area (TPSA) is 61.8 Å². The Hall–Kier alpha value is -0.970. The van der Waals surface area contributed by atoms with Crippen molar-refractivity contribution in [2.24, 2.45) is 0 Å². The lowest BCUT2D eigenvalue weighted by molar-refractivity contribution is -0.153. The summed E-state index contributed by atoms with van der Waals surface area (Å²) in [4.78, 5) is 22.3. The zero-order chi connectivity index (χ0) is 21.4. The number of unbranched alkanes of at least 4 members (excludes halogenated alkanes) is 16. The molecule has 0 aliphatic rings. The Morgan fingerprint density at radius 3 is 1.41 bits per heavy atom. The summed E-state index contributed by atoms with van der Waals surface area (Å²) in [5, 5.41) is 0. The van der Waals surface area contributed by atoms with E-state index in [0.29, 0.717) is 6.42 Å². The first kappa shape index (κ1) is 28.0. The van der Waals surface area contributed by atoms with Crippen molar-refractivity contribution in [3.05, 3.63) is 0 Å². The van der Waals surface area contributed by atoms with E-state index in [4.69, 9.17) is 16.3 Å². The standard InChI is InChI=1S/C23H43ClO5/c1-2-3-4-5-6-7-8-9-10-11-12-13-14-15-16-17-18-19-22(25)28-21-29-23(26)27-20-24/h2-21H2,1H3. The van der Waals surface area contributed by atoms with Gasteiger partial charge in [0.1, 0.15) is 0 Å². The summed E-state index contributed by atoms with van der Waals surface area (Å²) in [6.45, 7) is 1.85. The SMILES string of the molecule is CCCCCCCCCCCCCCCCCCCC(=O)OCOC(=O)OCCl. The molecule has 0 aliphatic heterocycles. The van der Waals surface area contributed by atoms with Crippen LogP contribution in [-0.2, 0) is 19.0 Å². The van der Waals surface area contributed by atoms with Crippen LogP contribution in [0.1, 0.15) is 122 Å². The first-order valence-corrected chi connectivity index (χ1v) is 12.2. The minimum Gasteiger partial charge on any atom is -0.428 e. The van der Waals surface area contributed by atoms with Crippen molar-refractivity contribution in [2.45, 2.75) is 122 Å². The van der Waals surface area contributed by atoms with E-state index in [-0.39, 0.29) is 12.0 Å². The second-order valence-corrected chi connectivity index (χ2v) is 7.91. The van der Waals surface area contributed by atoms with Gasteiger partial charge in [-0.25, -0.2) is 4.79 Å². The van der Waals surface area contributed by atoms with Gasteiger partial charge in [0.05, 0.1) is 0 Å². The first-order chi connectivity index (χ1) is 14.2. The summed E-state index contributed by atoms with van der Waals surface area (Å²) in [6, 6.07) is -0.286. The number of hydrogen-bond donors (Lipinski definition) is 0. The Labute approximate surface area is 183 Å². The zero-order valence-corrected chi connectivity index (χ0v) is 19.3. The molecule has 0 aromatic carbocycles. The summed E-state index contributed by atoms with van der Waals surface area (Å²) >= 11 is 5.19. The molecule has 172 valence electrons. The molecule has 5 nitrogen and oxygen atoms in total. The van der Waals surface area contributed by atoms with Crippen molar-refractivity contribution in [1.82, 2.24) is 0 Å². The molecule has 0 aliphatic carbocycles. The predicted molar refractivity (Wildman–Crippen MR) is 118 cm³/mol. The average Bonchev–Trinajstić information content (AvgIpc) is 2.70. The van der Waals surface area contributed by atoms with E-state index < -0.39 is 12.9 Å². The normalized spacial score (nSPS) is 10.7. The number of alkyl halides is 1. The molecule has 0 aromatic rings. The molecule has 0 saturated heterocycles. The second kappa shape index (κ2) is 23.3. The van der Waals surface area contributed by atoms with Crippen LogP contribution in [0, 0.1) is 0 Å². The van der Waals surface area contributed by atoms with Crippen molar-refractivity contribution in [1.29, 1.82) is 0 Å². The highest BCUT2D eigenvalue weighted by Gasteiger charge is 2.06. The molecule has 0 rings (SSSR count). The number of ether oxygens (including phenoxy) is 3. The lowest BCUT2D eigenvalue weighted by Gasteiger charge is -2.06. The predicted octanol–water partition coefficient (Wildman–Crippen LogP) is 7.88. The van der Waals surface area contributed by atoms with Crippen molar-refractivity contribution in [3.63, 3.8) is 0 Å². The van der Waals surface area contributed by atoms with Crippen LogP contribution in [0.5, 0.6) is 0 Å². The van der Waals surface area contributed by atoms with Gasteiger partial charge in [0.2, 0.25) is 6.79 Å². The van der Waals surface area contributed by atoms with Crippen LogP contribution >= 0.6 is 11.6 Å². The molecule has 0 heterocycles. The quantitative estimate of drug-likeness (QED) is 0.0795. The maximum atomic E-state index is 11.5. The third kappa shape index (κ3) is 23.2. The fourth-order valence-electron chi connectivity index (χ4n) is 3.30. The van der Waals surface area contributed by atoms with Crippen molar-refractivity contribution in [2.75, 3.05) is 12.9 Å². The lowest BCUT2D eigenvalue weighted by atomic mass is 10.0. The smallest absolute Gasteiger partial charge is 0.428 e. The van der Waals surface area contributed by atoms with E-state index in [2.05, 4.69) is 16.4 Å². The molecule has 0 N–H and O–H groups in total. The molecule has 0 atom stereocenters. The molecule has 0 radical (unpaired) electrons. The van der Waals surface area contributed by atoms with Gasteiger partial charge in [-0.1, -0.05) is 121 Å². The third-order valence-electron chi connectivity index (χ3n) is 5.05. The molecule has 0 fully saturated rings. The maximum Gasteiger partial charge on any atom is 0.512 e. The molecule has 0 aromatic heterocycles. The Bertz CT molecular complexity index is 376. The molecular weight excluding hydrogens is 392 g/mol. The number of halogens is 1. The van der Waals surface area contributed by atoms with E-state index in [1.54, 1.807) is 0 Å². The van der Waals surface area contributed by atoms with E-state index >= 15 is 0 Å². The Morgan fingerprint density at radius 1 is 0.586 bits per heavy atom. The fraction of sp³-hybridized carbons (Fsp3) is 0.913. The van der Waals surface area contributed by atoms with Crippen LogP contribution < -0.4 is 0 Å². The van der Waals surface area contributed by atoms with Crippen LogP contribution in [0.2, 0.25) is 0 Å². The maximum absolute atomic E-state index is 11.5. The zero-order valence-electron chi connectivity index (χ0n) is 18.6. The van der Waals surface area contributed by atoms with E-state index in [9.17, 15) is 9.59 Å². The largest absolute Gasteiger partial charge is 0.512 e. The van der Waals surface area contributed by atoms with E-state index in [1.165, 1.54) is 89.9 Å². The number of carbonyl (C=O) groups is 2. The molecule has 29 heavy (non-hydrogen) atoms. The van der Waals surface area contributed by atoms with Gasteiger partial charge < -0.3 is 14.2 Å². The van der Waals surface area contributed by atoms with Crippen molar-refractivity contribution >= 4 is 23.7 Å². The Kier molecular flexibility index (Phi) is 22.5. The Morgan fingerprint density at radius 2 is 1.00 bits per heavy atom. The monoisotopic (exact) mass is 434 g/mol. The van der Waals surface area contributed by atoms with E-state index in [0.717, 1.165) is 19.3 Å². The number of carbonyl (C=O) groups excluding carboxylic acids is 2. The lowest BCUT2D eigenvalue weighted by Crippen LogP contribution is -2.13. The third-order valence-corrected chi connectivity index (χ3v) is 5.16. The molecule has 6 heteroatoms. The van der Waals surface area contributed by atoms with Gasteiger partial charge in [0, 0.05) is 6.42 Å². The minimum absolute atomic E-state index is 0.286. The average molecular weight is 435 g/mol. The molecule has 0 saturated carbocycles. The summed E-state index contributed by atoms with van der Waals surface area (Å²) in [5.74, 6) is -0.357. The highest BCUT2D eigenvalue weighted by Crippen LogP contribution is 2.14. The minimum atomic E-state index is -0.939.